The van der Waals surface area contributed by atoms with Crippen LogP contribution in [0.3, 0.4) is 0 Å². The Morgan fingerprint density at radius 1 is 1.43 bits per heavy atom. The van der Waals surface area contributed by atoms with E-state index in [0.29, 0.717) is 0 Å². The van der Waals surface area contributed by atoms with Gasteiger partial charge in [0.2, 0.25) is 0 Å². The lowest BCUT2D eigenvalue weighted by atomic mass is 10.0. The number of hydrogen-bond donors (Lipinski definition) is 1. The molecule has 5 nitrogen and oxygen atoms in total. The van der Waals surface area contributed by atoms with Gasteiger partial charge in [-0.1, -0.05) is 0 Å². The average Bonchev–Trinajstić information content (AvgIpc) is 2.01. The van der Waals surface area contributed by atoms with E-state index in [1.165, 1.54) is 0 Å². The van der Waals surface area contributed by atoms with Crippen LogP contribution in [-0.2, 0) is 19.1 Å². The van der Waals surface area contributed by atoms with Crippen LogP contribution >= 0.6 is 0 Å². The number of nitrogens with two attached hydrogens (primary N) is 1. The Labute approximate surface area is 83.4 Å². The van der Waals surface area contributed by atoms with Crippen LogP contribution in [0, 0.1) is 0 Å². The Morgan fingerprint density at radius 2 is 2.00 bits per heavy atom. The Bertz CT molecular complexity index is 187. The minimum Gasteiger partial charge on any atom is -0.460 e. The van der Waals surface area contributed by atoms with Gasteiger partial charge in [0.05, 0.1) is 12.2 Å². The lowest BCUT2D eigenvalue weighted by Crippen LogP contribution is -2.36. The van der Waals surface area contributed by atoms with Gasteiger partial charge in [0, 0.05) is 12.8 Å². The monoisotopic (exact) mass is 203 g/mol. The van der Waals surface area contributed by atoms with Crippen LogP contribution in [0.1, 0.15) is 26.7 Å². The summed E-state index contributed by atoms with van der Waals surface area (Å²) in [5.41, 5.74) is 0. The van der Waals surface area contributed by atoms with Crippen molar-refractivity contribution < 1.29 is 19.1 Å². The van der Waals surface area contributed by atoms with E-state index in [-0.39, 0.29) is 24.9 Å². The number of ether oxygens (including phenoxy) is 2. The van der Waals surface area contributed by atoms with Crippen molar-refractivity contribution in [2.24, 2.45) is 5.90 Å². The summed E-state index contributed by atoms with van der Waals surface area (Å²) < 4.78 is 10.7. The normalized spacial score (nSPS) is 32.6. The first-order valence-corrected chi connectivity index (χ1v) is 4.78. The van der Waals surface area contributed by atoms with Crippen molar-refractivity contribution in [1.29, 1.82) is 0 Å². The minimum absolute atomic E-state index is 0.0728. The molecule has 0 spiro atoms. The van der Waals surface area contributed by atoms with Crippen molar-refractivity contribution in [2.75, 3.05) is 6.61 Å². The third kappa shape index (κ3) is 3.61. The third-order valence-electron chi connectivity index (χ3n) is 2.15. The van der Waals surface area contributed by atoms with E-state index in [1.54, 1.807) is 0 Å². The van der Waals surface area contributed by atoms with Crippen LogP contribution in [0.2, 0.25) is 0 Å². The van der Waals surface area contributed by atoms with Gasteiger partial charge in [0.15, 0.2) is 6.61 Å². The maximum Gasteiger partial charge on any atom is 0.334 e. The summed E-state index contributed by atoms with van der Waals surface area (Å²) in [6, 6.07) is 0. The number of hydrogen-bond acceptors (Lipinski definition) is 5. The molecule has 1 rings (SSSR count). The molecule has 2 N–H and O–H groups in total. The van der Waals surface area contributed by atoms with Crippen molar-refractivity contribution in [3.05, 3.63) is 0 Å². The highest BCUT2D eigenvalue weighted by Gasteiger charge is 2.26. The maximum atomic E-state index is 11.1. The van der Waals surface area contributed by atoms with Gasteiger partial charge < -0.3 is 9.47 Å². The first-order chi connectivity index (χ1) is 6.61. The van der Waals surface area contributed by atoms with Gasteiger partial charge >= 0.3 is 5.97 Å². The molecule has 0 aromatic carbocycles. The zero-order valence-electron chi connectivity index (χ0n) is 8.56. The lowest BCUT2D eigenvalue weighted by Gasteiger charge is -2.31. The molecule has 2 unspecified atom stereocenters. The number of esters is 1. The van der Waals surface area contributed by atoms with Gasteiger partial charge in [-0.25, -0.2) is 10.7 Å². The second-order valence-electron chi connectivity index (χ2n) is 3.65. The van der Waals surface area contributed by atoms with Crippen LogP contribution in [-0.4, -0.2) is 30.9 Å². The van der Waals surface area contributed by atoms with Crippen LogP contribution in [0.4, 0.5) is 0 Å². The fourth-order valence-electron chi connectivity index (χ4n) is 1.73. The zero-order chi connectivity index (χ0) is 10.6. The van der Waals surface area contributed by atoms with Crippen molar-refractivity contribution in [3.63, 3.8) is 0 Å². The Hall–Kier alpha value is -0.650. The summed E-state index contributed by atoms with van der Waals surface area (Å²) in [5.74, 6) is 4.35. The lowest BCUT2D eigenvalue weighted by molar-refractivity contribution is -0.164. The molecule has 0 aromatic heterocycles. The first kappa shape index (κ1) is 11.4. The fraction of sp³-hybridized carbons (Fsp3) is 0.889. The van der Waals surface area contributed by atoms with Crippen molar-refractivity contribution in [1.82, 2.24) is 0 Å². The average molecular weight is 203 g/mol. The molecule has 1 aliphatic heterocycles. The van der Waals surface area contributed by atoms with Gasteiger partial charge in [0.25, 0.3) is 0 Å². The van der Waals surface area contributed by atoms with Crippen molar-refractivity contribution >= 4 is 5.97 Å². The third-order valence-corrected chi connectivity index (χ3v) is 2.15. The van der Waals surface area contributed by atoms with E-state index in [0.717, 1.165) is 12.8 Å². The molecule has 82 valence electrons. The molecular formula is C9H17NO4. The highest BCUT2D eigenvalue weighted by molar-refractivity contribution is 5.70. The predicted molar refractivity (Wildman–Crippen MR) is 49.3 cm³/mol. The van der Waals surface area contributed by atoms with Gasteiger partial charge in [-0.05, 0) is 13.8 Å². The Balaban J connectivity index is 2.33. The number of carbonyl (C=O) groups is 1. The molecule has 0 saturated carbocycles. The molecule has 0 radical (unpaired) electrons. The molecule has 0 amide bonds. The molecule has 0 aliphatic carbocycles. The minimum atomic E-state index is -0.418. The number of carbonyl (C=O) groups excluding carboxylic acids is 1. The molecule has 2 atom stereocenters. The highest BCUT2D eigenvalue weighted by Crippen LogP contribution is 2.21. The summed E-state index contributed by atoms with van der Waals surface area (Å²) in [5, 5.41) is 0. The van der Waals surface area contributed by atoms with Gasteiger partial charge in [-0.2, -0.15) is 0 Å². The molecule has 1 aliphatic rings. The second-order valence-corrected chi connectivity index (χ2v) is 3.65. The quantitative estimate of drug-likeness (QED) is 0.530. The smallest absolute Gasteiger partial charge is 0.334 e. The fourth-order valence-corrected chi connectivity index (χ4v) is 1.73. The van der Waals surface area contributed by atoms with E-state index in [9.17, 15) is 4.79 Å². The molecule has 1 heterocycles. The summed E-state index contributed by atoms with van der Waals surface area (Å²) >= 11 is 0. The zero-order valence-corrected chi connectivity index (χ0v) is 8.56. The highest BCUT2D eigenvalue weighted by atomic mass is 16.6. The predicted octanol–water partition coefficient (Wildman–Crippen LogP) is 0.376. The molecule has 14 heavy (non-hydrogen) atoms. The first-order valence-electron chi connectivity index (χ1n) is 4.78. The maximum absolute atomic E-state index is 11.1. The van der Waals surface area contributed by atoms with Gasteiger partial charge in [0.1, 0.15) is 6.10 Å². The van der Waals surface area contributed by atoms with Crippen molar-refractivity contribution in [2.45, 2.75) is 45.0 Å². The molecule has 1 saturated heterocycles. The molecule has 5 heteroatoms. The standard InChI is InChI=1S/C9H17NO4/c1-6-3-8(4-7(2)13-6)14-9(11)5-12-10/h6-8H,3-5,10H2,1-2H3. The van der Waals surface area contributed by atoms with Gasteiger partial charge in [-0.3, -0.25) is 4.84 Å². The van der Waals surface area contributed by atoms with E-state index >= 15 is 0 Å². The summed E-state index contributed by atoms with van der Waals surface area (Å²) in [6.45, 7) is 3.74. The van der Waals surface area contributed by atoms with Crippen LogP contribution in [0.25, 0.3) is 0 Å². The summed E-state index contributed by atoms with van der Waals surface area (Å²) in [6.07, 6.45) is 1.67. The SMILES string of the molecule is CC1CC(OC(=O)CON)CC(C)O1. The molecular weight excluding hydrogens is 186 g/mol. The van der Waals surface area contributed by atoms with Gasteiger partial charge in [-0.15, -0.1) is 0 Å². The molecule has 1 fully saturated rings. The Morgan fingerprint density at radius 3 is 2.50 bits per heavy atom. The van der Waals surface area contributed by atoms with E-state index in [1.807, 2.05) is 13.8 Å². The van der Waals surface area contributed by atoms with E-state index in [2.05, 4.69) is 4.84 Å². The van der Waals surface area contributed by atoms with Crippen LogP contribution < -0.4 is 5.90 Å². The molecule has 0 bridgehead atoms. The molecule has 0 aromatic rings. The Kier molecular flexibility index (Phi) is 4.31. The largest absolute Gasteiger partial charge is 0.460 e. The van der Waals surface area contributed by atoms with Crippen LogP contribution in [0.5, 0.6) is 0 Å². The summed E-state index contributed by atoms with van der Waals surface area (Å²) in [7, 11) is 0. The van der Waals surface area contributed by atoms with Crippen molar-refractivity contribution in [3.8, 4) is 0 Å². The topological polar surface area (TPSA) is 70.8 Å². The second kappa shape index (κ2) is 5.29. The van der Waals surface area contributed by atoms with Crippen LogP contribution in [0.15, 0.2) is 0 Å². The van der Waals surface area contributed by atoms with E-state index < -0.39 is 5.97 Å². The van der Waals surface area contributed by atoms with E-state index in [4.69, 9.17) is 15.4 Å². The summed E-state index contributed by atoms with van der Waals surface area (Å²) in [4.78, 5) is 15.2. The number of rotatable bonds is 3.